The Morgan fingerprint density at radius 3 is 2.41 bits per heavy atom. The lowest BCUT2D eigenvalue weighted by molar-refractivity contribution is -0.146. The zero-order valence-electron chi connectivity index (χ0n) is 20.6. The molecule has 2 amide bonds. The summed E-state index contributed by atoms with van der Waals surface area (Å²) < 4.78 is 0. The minimum Gasteiger partial charge on any atom is -0.353 e. The predicted molar refractivity (Wildman–Crippen MR) is 130 cm³/mol. The molecule has 8 unspecified atom stereocenters. The van der Waals surface area contributed by atoms with Gasteiger partial charge in [-0.05, 0) is 85.2 Å². The number of hydrogen-bond donors (Lipinski definition) is 2. The standard InChI is InChI=1S/C26H36N2O2.C2H6/c1-16-15-21-26(3,14-12-22(29)28-21)19-11-13-25(2)18(23(16)19)9-10-20(25)24(30)27-17-7-5-4-6-8-17;1-2/h4-8,16,18-21,23H,9-15H2,1-3H3,(H,27,30)(H,28,29);1-2H3. The van der Waals surface area contributed by atoms with Crippen LogP contribution in [0.2, 0.25) is 0 Å². The monoisotopic (exact) mass is 438 g/mol. The van der Waals surface area contributed by atoms with Crippen LogP contribution in [-0.2, 0) is 9.59 Å². The fraction of sp³-hybridized carbons (Fsp3) is 0.714. The minimum absolute atomic E-state index is 0.0927. The average Bonchev–Trinajstić information content (AvgIpc) is 3.14. The number of amides is 2. The Labute approximate surface area is 194 Å². The number of rotatable bonds is 2. The molecule has 3 aliphatic carbocycles. The van der Waals surface area contributed by atoms with Crippen LogP contribution in [0.1, 0.15) is 79.6 Å². The number of anilines is 1. The molecule has 4 nitrogen and oxygen atoms in total. The molecule has 1 heterocycles. The van der Waals surface area contributed by atoms with E-state index in [1.165, 1.54) is 12.8 Å². The molecule has 0 spiro atoms. The zero-order valence-corrected chi connectivity index (χ0v) is 20.6. The van der Waals surface area contributed by atoms with Gasteiger partial charge in [0.1, 0.15) is 0 Å². The van der Waals surface area contributed by atoms with E-state index in [0.717, 1.165) is 31.4 Å². The average molecular weight is 439 g/mol. The van der Waals surface area contributed by atoms with E-state index in [2.05, 4.69) is 31.4 Å². The van der Waals surface area contributed by atoms with Gasteiger partial charge < -0.3 is 10.6 Å². The second-order valence-corrected chi connectivity index (χ2v) is 11.2. The van der Waals surface area contributed by atoms with Crippen LogP contribution >= 0.6 is 0 Å². The normalized spacial score (nSPS) is 42.3. The number of para-hydroxylation sites is 1. The van der Waals surface area contributed by atoms with Gasteiger partial charge in [0, 0.05) is 24.1 Å². The Bertz CT molecular complexity index is 839. The van der Waals surface area contributed by atoms with Crippen molar-refractivity contribution in [2.24, 2.45) is 40.4 Å². The van der Waals surface area contributed by atoms with Crippen molar-refractivity contribution in [1.29, 1.82) is 0 Å². The van der Waals surface area contributed by atoms with Crippen molar-refractivity contribution in [1.82, 2.24) is 5.32 Å². The van der Waals surface area contributed by atoms with E-state index in [0.29, 0.717) is 36.1 Å². The minimum atomic E-state index is 0.0927. The molecule has 0 aromatic heterocycles. The molecule has 1 aromatic rings. The van der Waals surface area contributed by atoms with E-state index in [1.54, 1.807) is 0 Å². The summed E-state index contributed by atoms with van der Waals surface area (Å²) in [5.41, 5.74) is 1.22. The van der Waals surface area contributed by atoms with E-state index < -0.39 is 0 Å². The van der Waals surface area contributed by atoms with Gasteiger partial charge >= 0.3 is 0 Å². The summed E-state index contributed by atoms with van der Waals surface area (Å²) in [5.74, 6) is 3.12. The van der Waals surface area contributed by atoms with Gasteiger partial charge in [0.25, 0.3) is 0 Å². The van der Waals surface area contributed by atoms with Gasteiger partial charge in [0.15, 0.2) is 0 Å². The maximum atomic E-state index is 13.3. The lowest BCUT2D eigenvalue weighted by Gasteiger charge is -2.62. The number of carbonyl (C=O) groups is 2. The number of piperidine rings is 1. The van der Waals surface area contributed by atoms with Crippen LogP contribution in [0.25, 0.3) is 0 Å². The highest BCUT2D eigenvalue weighted by molar-refractivity contribution is 5.93. The van der Waals surface area contributed by atoms with Crippen LogP contribution in [0.4, 0.5) is 5.69 Å². The molecule has 176 valence electrons. The molecule has 2 N–H and O–H groups in total. The van der Waals surface area contributed by atoms with E-state index in [1.807, 2.05) is 44.2 Å². The molecular weight excluding hydrogens is 396 g/mol. The third-order valence-corrected chi connectivity index (χ3v) is 9.82. The Kier molecular flexibility index (Phi) is 6.44. The molecule has 8 atom stereocenters. The molecule has 4 fully saturated rings. The quantitative estimate of drug-likeness (QED) is 0.592. The first kappa shape index (κ1) is 23.3. The first-order valence-corrected chi connectivity index (χ1v) is 13.0. The number of hydrogen-bond acceptors (Lipinski definition) is 2. The topological polar surface area (TPSA) is 58.2 Å². The van der Waals surface area contributed by atoms with Crippen molar-refractivity contribution >= 4 is 17.5 Å². The van der Waals surface area contributed by atoms with Crippen molar-refractivity contribution < 1.29 is 9.59 Å². The number of carbonyl (C=O) groups excluding carboxylic acids is 2. The molecule has 4 heteroatoms. The van der Waals surface area contributed by atoms with Crippen molar-refractivity contribution in [3.8, 4) is 0 Å². The Morgan fingerprint density at radius 1 is 1.00 bits per heavy atom. The lowest BCUT2D eigenvalue weighted by atomic mass is 9.45. The van der Waals surface area contributed by atoms with Crippen molar-refractivity contribution in [3.63, 3.8) is 0 Å². The van der Waals surface area contributed by atoms with Crippen molar-refractivity contribution in [2.75, 3.05) is 5.32 Å². The summed E-state index contributed by atoms with van der Waals surface area (Å²) in [4.78, 5) is 25.4. The summed E-state index contributed by atoms with van der Waals surface area (Å²) >= 11 is 0. The second kappa shape index (κ2) is 8.83. The third-order valence-electron chi connectivity index (χ3n) is 9.82. The van der Waals surface area contributed by atoms with Crippen LogP contribution in [0.3, 0.4) is 0 Å². The van der Waals surface area contributed by atoms with Crippen LogP contribution in [0.15, 0.2) is 30.3 Å². The summed E-state index contributed by atoms with van der Waals surface area (Å²) in [6, 6.07) is 10.2. The maximum Gasteiger partial charge on any atom is 0.228 e. The molecule has 3 saturated carbocycles. The molecule has 1 aromatic carbocycles. The van der Waals surface area contributed by atoms with E-state index in [9.17, 15) is 9.59 Å². The van der Waals surface area contributed by atoms with Gasteiger partial charge in [0.05, 0.1) is 0 Å². The summed E-state index contributed by atoms with van der Waals surface area (Å²) in [7, 11) is 0. The maximum absolute atomic E-state index is 13.3. The lowest BCUT2D eigenvalue weighted by Crippen LogP contribution is -2.63. The molecule has 0 radical (unpaired) electrons. The smallest absolute Gasteiger partial charge is 0.228 e. The van der Waals surface area contributed by atoms with Gasteiger partial charge in [-0.25, -0.2) is 0 Å². The Morgan fingerprint density at radius 2 is 1.69 bits per heavy atom. The number of fused-ring (bicyclic) bond motifs is 5. The fourth-order valence-corrected chi connectivity index (χ4v) is 8.23. The van der Waals surface area contributed by atoms with E-state index >= 15 is 0 Å². The van der Waals surface area contributed by atoms with Crippen LogP contribution < -0.4 is 10.6 Å². The summed E-state index contributed by atoms with van der Waals surface area (Å²) in [5, 5.41) is 6.54. The highest BCUT2D eigenvalue weighted by Crippen LogP contribution is 2.66. The largest absolute Gasteiger partial charge is 0.353 e. The Hall–Kier alpha value is -1.84. The van der Waals surface area contributed by atoms with Crippen molar-refractivity contribution in [2.45, 2.75) is 85.6 Å². The van der Waals surface area contributed by atoms with Crippen LogP contribution in [0, 0.1) is 40.4 Å². The number of benzene rings is 1. The van der Waals surface area contributed by atoms with Gasteiger partial charge in [-0.2, -0.15) is 0 Å². The summed E-state index contributed by atoms with van der Waals surface area (Å²) in [6.07, 6.45) is 7.30. The molecular formula is C28H42N2O2. The van der Waals surface area contributed by atoms with Gasteiger partial charge in [0.2, 0.25) is 11.8 Å². The third kappa shape index (κ3) is 3.68. The first-order valence-electron chi connectivity index (χ1n) is 13.0. The highest BCUT2D eigenvalue weighted by atomic mass is 16.2. The summed E-state index contributed by atoms with van der Waals surface area (Å²) in [6.45, 7) is 11.2. The molecule has 1 aliphatic heterocycles. The molecule has 0 bridgehead atoms. The number of nitrogens with one attached hydrogen (secondary N) is 2. The Balaban J connectivity index is 0.00000119. The predicted octanol–water partition coefficient (Wildman–Crippen LogP) is 6.03. The molecule has 1 saturated heterocycles. The zero-order chi connectivity index (χ0) is 23.1. The van der Waals surface area contributed by atoms with Gasteiger partial charge in [-0.1, -0.05) is 52.8 Å². The van der Waals surface area contributed by atoms with Crippen LogP contribution in [-0.4, -0.2) is 17.9 Å². The van der Waals surface area contributed by atoms with Crippen molar-refractivity contribution in [3.05, 3.63) is 30.3 Å². The SMILES string of the molecule is CC.CC1CC2NC(=O)CCC2(C)C2CCC3(C)C(C(=O)Nc4ccccc4)CCC3C12. The highest BCUT2D eigenvalue weighted by Gasteiger charge is 2.62. The van der Waals surface area contributed by atoms with Gasteiger partial charge in [-0.3, -0.25) is 9.59 Å². The molecule has 4 aliphatic rings. The second-order valence-electron chi connectivity index (χ2n) is 11.2. The molecule has 32 heavy (non-hydrogen) atoms. The van der Waals surface area contributed by atoms with E-state index in [-0.39, 0.29) is 28.6 Å². The van der Waals surface area contributed by atoms with E-state index in [4.69, 9.17) is 0 Å². The van der Waals surface area contributed by atoms with Crippen LogP contribution in [0.5, 0.6) is 0 Å². The molecule has 5 rings (SSSR count). The first-order chi connectivity index (χ1) is 15.3. The van der Waals surface area contributed by atoms with Gasteiger partial charge in [-0.15, -0.1) is 0 Å². The fourth-order valence-electron chi connectivity index (χ4n) is 8.23.